The first-order valence-corrected chi connectivity index (χ1v) is 9.78. The second-order valence-electron chi connectivity index (χ2n) is 5.65. The lowest BCUT2D eigenvalue weighted by Gasteiger charge is -2.09. The Balaban J connectivity index is 1.75. The third kappa shape index (κ3) is 5.62. The monoisotopic (exact) mass is 403 g/mol. The molecule has 0 saturated carbocycles. The highest BCUT2D eigenvalue weighted by Gasteiger charge is 2.29. The minimum atomic E-state index is -3.01. The fraction of sp³-hybridized carbons (Fsp3) is 0.467. The number of sulfone groups is 1. The van der Waals surface area contributed by atoms with E-state index in [2.05, 4.69) is 21.2 Å². The van der Waals surface area contributed by atoms with Gasteiger partial charge in [-0.25, -0.2) is 8.42 Å². The number of aryl methyl sites for hydroxylation is 1. The van der Waals surface area contributed by atoms with Crippen molar-refractivity contribution in [2.24, 2.45) is 5.92 Å². The molecule has 2 rings (SSSR count). The van der Waals surface area contributed by atoms with Crippen LogP contribution in [0.2, 0.25) is 0 Å². The molecule has 0 aliphatic carbocycles. The molecule has 8 heteroatoms. The van der Waals surface area contributed by atoms with Gasteiger partial charge in [0.1, 0.15) is 0 Å². The van der Waals surface area contributed by atoms with Gasteiger partial charge in [-0.1, -0.05) is 15.9 Å². The molecule has 126 valence electrons. The molecule has 1 atom stereocenters. The molecule has 1 aromatic carbocycles. The lowest BCUT2D eigenvalue weighted by atomic mass is 10.1. The Kier molecular flexibility index (Phi) is 5.80. The zero-order chi connectivity index (χ0) is 17.0. The van der Waals surface area contributed by atoms with Crippen LogP contribution in [0.3, 0.4) is 0 Å². The van der Waals surface area contributed by atoms with Gasteiger partial charge in [-0.15, -0.1) is 0 Å². The number of anilines is 1. The number of hydrogen-bond acceptors (Lipinski definition) is 5. The lowest BCUT2D eigenvalue weighted by Crippen LogP contribution is -2.22. The SMILES string of the molecule is Cc1cc(NC(=O)COC(=O)C[C@@H]2CCS(=O)(=O)C2)ccc1Br. The second kappa shape index (κ2) is 7.44. The Morgan fingerprint density at radius 3 is 2.74 bits per heavy atom. The summed E-state index contributed by atoms with van der Waals surface area (Å²) in [5.74, 6) is -1.04. The Hall–Kier alpha value is -1.41. The Labute approximate surface area is 143 Å². The van der Waals surface area contributed by atoms with E-state index in [0.29, 0.717) is 12.1 Å². The maximum atomic E-state index is 11.8. The van der Waals surface area contributed by atoms with Gasteiger partial charge in [0.2, 0.25) is 0 Å². The standard InChI is InChI=1S/C15H18BrNO5S/c1-10-6-12(2-3-13(10)16)17-14(18)8-22-15(19)7-11-4-5-23(20,21)9-11/h2-3,6,11H,4-5,7-9H2,1H3,(H,17,18)/t11-/m0/s1. The van der Waals surface area contributed by atoms with Crippen molar-refractivity contribution in [1.82, 2.24) is 0 Å². The van der Waals surface area contributed by atoms with Crippen molar-refractivity contribution in [2.75, 3.05) is 23.4 Å². The number of carbonyl (C=O) groups excluding carboxylic acids is 2. The van der Waals surface area contributed by atoms with Gasteiger partial charge in [0, 0.05) is 16.6 Å². The maximum Gasteiger partial charge on any atom is 0.306 e. The van der Waals surface area contributed by atoms with Crippen LogP contribution in [0.5, 0.6) is 0 Å². The number of carbonyl (C=O) groups is 2. The average molecular weight is 404 g/mol. The molecule has 1 aromatic rings. The molecule has 1 aliphatic rings. The van der Waals surface area contributed by atoms with E-state index in [1.54, 1.807) is 12.1 Å². The molecule has 1 saturated heterocycles. The molecule has 0 radical (unpaired) electrons. The number of nitrogens with one attached hydrogen (secondary N) is 1. The van der Waals surface area contributed by atoms with Crippen LogP contribution >= 0.6 is 15.9 Å². The molecule has 1 aliphatic heterocycles. The Morgan fingerprint density at radius 1 is 1.39 bits per heavy atom. The minimum Gasteiger partial charge on any atom is -0.456 e. The fourth-order valence-electron chi connectivity index (χ4n) is 2.39. The Bertz CT molecular complexity index is 717. The highest BCUT2D eigenvalue weighted by molar-refractivity contribution is 9.10. The highest BCUT2D eigenvalue weighted by Crippen LogP contribution is 2.22. The van der Waals surface area contributed by atoms with E-state index in [1.165, 1.54) is 0 Å². The summed E-state index contributed by atoms with van der Waals surface area (Å²) in [4.78, 5) is 23.4. The number of ether oxygens (including phenoxy) is 1. The van der Waals surface area contributed by atoms with Gasteiger partial charge in [-0.2, -0.15) is 0 Å². The molecule has 6 nitrogen and oxygen atoms in total. The number of halogens is 1. The molecule has 1 heterocycles. The summed E-state index contributed by atoms with van der Waals surface area (Å²) in [6.45, 7) is 1.52. The summed E-state index contributed by atoms with van der Waals surface area (Å²) in [5.41, 5.74) is 1.59. The third-order valence-corrected chi connectivity index (χ3v) is 6.31. The first-order chi connectivity index (χ1) is 10.7. The van der Waals surface area contributed by atoms with Gasteiger partial charge in [0.25, 0.3) is 5.91 Å². The van der Waals surface area contributed by atoms with Gasteiger partial charge in [0.05, 0.1) is 11.5 Å². The number of amides is 1. The zero-order valence-corrected chi connectivity index (χ0v) is 15.1. The van der Waals surface area contributed by atoms with Gasteiger partial charge in [0.15, 0.2) is 16.4 Å². The quantitative estimate of drug-likeness (QED) is 0.759. The molecule has 0 aromatic heterocycles. The van der Waals surface area contributed by atoms with Crippen LogP contribution in [0, 0.1) is 12.8 Å². The van der Waals surface area contributed by atoms with E-state index in [-0.39, 0.29) is 30.5 Å². The van der Waals surface area contributed by atoms with Gasteiger partial charge < -0.3 is 10.1 Å². The third-order valence-electron chi connectivity index (χ3n) is 3.59. The van der Waals surface area contributed by atoms with Crippen molar-refractivity contribution in [3.63, 3.8) is 0 Å². The molecular weight excluding hydrogens is 386 g/mol. The highest BCUT2D eigenvalue weighted by atomic mass is 79.9. The minimum absolute atomic E-state index is 0.0203. The van der Waals surface area contributed by atoms with Gasteiger partial charge >= 0.3 is 5.97 Å². The maximum absolute atomic E-state index is 11.8. The average Bonchev–Trinajstić information content (AvgIpc) is 2.80. The van der Waals surface area contributed by atoms with Crippen molar-refractivity contribution >= 4 is 43.3 Å². The first-order valence-electron chi connectivity index (χ1n) is 7.17. The molecule has 0 spiro atoms. The van der Waals surface area contributed by atoms with E-state index < -0.39 is 21.7 Å². The summed E-state index contributed by atoms with van der Waals surface area (Å²) in [5, 5.41) is 2.64. The van der Waals surface area contributed by atoms with Crippen molar-refractivity contribution in [3.8, 4) is 0 Å². The van der Waals surface area contributed by atoms with E-state index >= 15 is 0 Å². The normalized spacial score (nSPS) is 19.3. The predicted octanol–water partition coefficient (Wildman–Crippen LogP) is 2.06. The van der Waals surface area contributed by atoms with E-state index in [9.17, 15) is 18.0 Å². The lowest BCUT2D eigenvalue weighted by molar-refractivity contribution is -0.148. The topological polar surface area (TPSA) is 89.5 Å². The molecule has 1 amide bonds. The molecule has 1 N–H and O–H groups in total. The Morgan fingerprint density at radius 2 is 2.13 bits per heavy atom. The van der Waals surface area contributed by atoms with Gasteiger partial charge in [-0.3, -0.25) is 9.59 Å². The van der Waals surface area contributed by atoms with E-state index in [0.717, 1.165) is 10.0 Å². The summed E-state index contributed by atoms with van der Waals surface area (Å²) in [7, 11) is -3.01. The van der Waals surface area contributed by atoms with Crippen LogP contribution < -0.4 is 5.32 Å². The molecular formula is C15H18BrNO5S. The van der Waals surface area contributed by atoms with Crippen LogP contribution in [0.4, 0.5) is 5.69 Å². The van der Waals surface area contributed by atoms with Crippen molar-refractivity contribution < 1.29 is 22.7 Å². The summed E-state index contributed by atoms with van der Waals surface area (Å²) >= 11 is 3.37. The van der Waals surface area contributed by atoms with E-state index in [1.807, 2.05) is 13.0 Å². The number of rotatable bonds is 5. The first kappa shape index (κ1) is 17.9. The van der Waals surface area contributed by atoms with Crippen LogP contribution in [0.15, 0.2) is 22.7 Å². The van der Waals surface area contributed by atoms with Crippen LogP contribution in [0.25, 0.3) is 0 Å². The molecule has 23 heavy (non-hydrogen) atoms. The van der Waals surface area contributed by atoms with E-state index in [4.69, 9.17) is 4.74 Å². The van der Waals surface area contributed by atoms with Crippen LogP contribution in [0.1, 0.15) is 18.4 Å². The molecule has 1 fully saturated rings. The summed E-state index contributed by atoms with van der Waals surface area (Å²) < 4.78 is 28.5. The predicted molar refractivity (Wildman–Crippen MR) is 89.8 cm³/mol. The number of esters is 1. The number of benzene rings is 1. The zero-order valence-electron chi connectivity index (χ0n) is 12.7. The van der Waals surface area contributed by atoms with Gasteiger partial charge in [-0.05, 0) is 43.0 Å². The smallest absolute Gasteiger partial charge is 0.306 e. The van der Waals surface area contributed by atoms with Crippen molar-refractivity contribution in [3.05, 3.63) is 28.2 Å². The van der Waals surface area contributed by atoms with Crippen LogP contribution in [-0.2, 0) is 24.2 Å². The fourth-order valence-corrected chi connectivity index (χ4v) is 4.50. The van der Waals surface area contributed by atoms with Crippen LogP contribution in [-0.4, -0.2) is 38.4 Å². The molecule has 0 bridgehead atoms. The van der Waals surface area contributed by atoms with Crippen molar-refractivity contribution in [2.45, 2.75) is 19.8 Å². The molecule has 0 unspecified atom stereocenters. The largest absolute Gasteiger partial charge is 0.456 e. The second-order valence-corrected chi connectivity index (χ2v) is 8.73. The number of hydrogen-bond donors (Lipinski definition) is 1. The summed E-state index contributed by atoms with van der Waals surface area (Å²) in [6, 6.07) is 5.35. The summed E-state index contributed by atoms with van der Waals surface area (Å²) in [6.07, 6.45) is 0.506. The van der Waals surface area contributed by atoms with Crippen molar-refractivity contribution in [1.29, 1.82) is 0 Å².